The van der Waals surface area contributed by atoms with Gasteiger partial charge in [0.2, 0.25) is 15.9 Å². The fraction of sp³-hybridized carbons (Fsp3) is 0.500. The molecule has 0 unspecified atom stereocenters. The van der Waals surface area contributed by atoms with Crippen molar-refractivity contribution in [3.8, 4) is 0 Å². The third kappa shape index (κ3) is 5.04. The highest BCUT2D eigenvalue weighted by molar-refractivity contribution is 7.88. The minimum absolute atomic E-state index is 0.0506. The van der Waals surface area contributed by atoms with E-state index in [-0.39, 0.29) is 17.4 Å². The van der Waals surface area contributed by atoms with E-state index >= 15 is 0 Å². The Labute approximate surface area is 141 Å². The van der Waals surface area contributed by atoms with E-state index in [0.29, 0.717) is 38.9 Å². The molecule has 1 heterocycles. The van der Waals surface area contributed by atoms with Crippen molar-refractivity contribution in [2.24, 2.45) is 5.92 Å². The van der Waals surface area contributed by atoms with Crippen LogP contribution in [-0.2, 0) is 21.2 Å². The summed E-state index contributed by atoms with van der Waals surface area (Å²) in [5, 5.41) is 11.7. The SMILES string of the molecule is CS(=O)(=O)N1CCC(C(=O)NCCc2ccc(C(=O)O)cc2)CC1. The van der Waals surface area contributed by atoms with Gasteiger partial charge in [-0.1, -0.05) is 12.1 Å². The number of amides is 1. The molecular weight excluding hydrogens is 332 g/mol. The first-order chi connectivity index (χ1) is 11.3. The Hall–Kier alpha value is -1.93. The zero-order valence-corrected chi connectivity index (χ0v) is 14.4. The predicted molar refractivity (Wildman–Crippen MR) is 89.3 cm³/mol. The van der Waals surface area contributed by atoms with Crippen LogP contribution in [0.4, 0.5) is 0 Å². The standard InChI is InChI=1S/C16H22N2O5S/c1-24(22,23)18-10-7-13(8-11-18)15(19)17-9-6-12-2-4-14(5-3-12)16(20)21/h2-5,13H,6-11H2,1H3,(H,17,19)(H,20,21). The van der Waals surface area contributed by atoms with Crippen LogP contribution in [0.15, 0.2) is 24.3 Å². The maximum Gasteiger partial charge on any atom is 0.335 e. The van der Waals surface area contributed by atoms with Crippen LogP contribution in [0.5, 0.6) is 0 Å². The van der Waals surface area contributed by atoms with Crippen LogP contribution >= 0.6 is 0 Å². The number of rotatable bonds is 6. The summed E-state index contributed by atoms with van der Waals surface area (Å²) in [4.78, 5) is 22.9. The number of nitrogens with zero attached hydrogens (tertiary/aromatic N) is 1. The van der Waals surface area contributed by atoms with Crippen LogP contribution in [0.25, 0.3) is 0 Å². The molecule has 8 heteroatoms. The Morgan fingerprint density at radius 1 is 1.21 bits per heavy atom. The summed E-state index contributed by atoms with van der Waals surface area (Å²) < 4.78 is 24.3. The van der Waals surface area contributed by atoms with Crippen molar-refractivity contribution in [1.82, 2.24) is 9.62 Å². The second kappa shape index (κ2) is 7.76. The molecule has 1 saturated heterocycles. The summed E-state index contributed by atoms with van der Waals surface area (Å²) in [5.74, 6) is -1.17. The lowest BCUT2D eigenvalue weighted by molar-refractivity contribution is -0.126. The van der Waals surface area contributed by atoms with Gasteiger partial charge in [0.15, 0.2) is 0 Å². The number of piperidine rings is 1. The Morgan fingerprint density at radius 2 is 1.79 bits per heavy atom. The molecule has 1 fully saturated rings. The highest BCUT2D eigenvalue weighted by Crippen LogP contribution is 2.19. The van der Waals surface area contributed by atoms with Gasteiger partial charge in [0, 0.05) is 25.6 Å². The maximum absolute atomic E-state index is 12.1. The predicted octanol–water partition coefficient (Wildman–Crippen LogP) is 0.715. The van der Waals surface area contributed by atoms with Crippen LogP contribution in [-0.4, -0.2) is 55.6 Å². The Kier molecular flexibility index (Phi) is 5.95. The molecule has 0 bridgehead atoms. The lowest BCUT2D eigenvalue weighted by Crippen LogP contribution is -2.42. The van der Waals surface area contributed by atoms with E-state index in [1.54, 1.807) is 24.3 Å². The second-order valence-electron chi connectivity index (χ2n) is 5.98. The highest BCUT2D eigenvalue weighted by Gasteiger charge is 2.28. The normalized spacial score (nSPS) is 16.7. The number of carbonyl (C=O) groups is 2. The van der Waals surface area contributed by atoms with E-state index in [0.717, 1.165) is 5.56 Å². The molecule has 1 aliphatic rings. The number of carbonyl (C=O) groups excluding carboxylic acids is 1. The molecule has 0 radical (unpaired) electrons. The van der Waals surface area contributed by atoms with Crippen LogP contribution in [0.3, 0.4) is 0 Å². The van der Waals surface area contributed by atoms with Gasteiger partial charge >= 0.3 is 5.97 Å². The van der Waals surface area contributed by atoms with Gasteiger partial charge in [-0.15, -0.1) is 0 Å². The van der Waals surface area contributed by atoms with Crippen molar-refractivity contribution < 1.29 is 23.1 Å². The molecule has 1 aromatic rings. The fourth-order valence-corrected chi connectivity index (χ4v) is 3.61. The van der Waals surface area contributed by atoms with E-state index in [9.17, 15) is 18.0 Å². The maximum atomic E-state index is 12.1. The quantitative estimate of drug-likeness (QED) is 0.783. The number of sulfonamides is 1. The number of carboxylic acids is 1. The minimum atomic E-state index is -3.18. The molecule has 7 nitrogen and oxygen atoms in total. The largest absolute Gasteiger partial charge is 0.478 e. The minimum Gasteiger partial charge on any atom is -0.478 e. The number of benzene rings is 1. The average Bonchev–Trinajstić information content (AvgIpc) is 2.54. The van der Waals surface area contributed by atoms with Crippen LogP contribution < -0.4 is 5.32 Å². The summed E-state index contributed by atoms with van der Waals surface area (Å²) >= 11 is 0. The van der Waals surface area contributed by atoms with Gasteiger partial charge in [0.1, 0.15) is 0 Å². The molecule has 0 aromatic heterocycles. The summed E-state index contributed by atoms with van der Waals surface area (Å²) in [6.07, 6.45) is 2.87. The molecule has 0 aliphatic carbocycles. The van der Waals surface area contributed by atoms with E-state index in [1.165, 1.54) is 10.6 Å². The van der Waals surface area contributed by atoms with Gasteiger partial charge in [0.25, 0.3) is 0 Å². The zero-order chi connectivity index (χ0) is 17.7. The molecule has 1 aromatic carbocycles. The van der Waals surface area contributed by atoms with Crippen molar-refractivity contribution in [2.75, 3.05) is 25.9 Å². The lowest BCUT2D eigenvalue weighted by Gasteiger charge is -2.29. The van der Waals surface area contributed by atoms with Crippen molar-refractivity contribution >= 4 is 21.9 Å². The number of aromatic carboxylic acids is 1. The second-order valence-corrected chi connectivity index (χ2v) is 7.96. The molecule has 1 amide bonds. The summed E-state index contributed by atoms with van der Waals surface area (Å²) in [6, 6.07) is 6.56. The summed E-state index contributed by atoms with van der Waals surface area (Å²) in [6.45, 7) is 1.23. The summed E-state index contributed by atoms with van der Waals surface area (Å²) in [7, 11) is -3.18. The van der Waals surface area contributed by atoms with Gasteiger partial charge in [-0.05, 0) is 37.0 Å². The first-order valence-electron chi connectivity index (χ1n) is 7.82. The molecule has 132 valence electrons. The Morgan fingerprint density at radius 3 is 2.29 bits per heavy atom. The topological polar surface area (TPSA) is 104 Å². The number of hydrogen-bond acceptors (Lipinski definition) is 4. The van der Waals surface area contributed by atoms with E-state index in [2.05, 4.69) is 5.32 Å². The van der Waals surface area contributed by atoms with Gasteiger partial charge < -0.3 is 10.4 Å². The average molecular weight is 354 g/mol. The molecule has 24 heavy (non-hydrogen) atoms. The Balaban J connectivity index is 1.75. The fourth-order valence-electron chi connectivity index (χ4n) is 2.74. The van der Waals surface area contributed by atoms with Gasteiger partial charge in [-0.2, -0.15) is 0 Å². The molecule has 0 atom stereocenters. The van der Waals surface area contributed by atoms with E-state index in [4.69, 9.17) is 5.11 Å². The van der Waals surface area contributed by atoms with Gasteiger partial charge in [-0.3, -0.25) is 4.79 Å². The van der Waals surface area contributed by atoms with Crippen molar-refractivity contribution in [2.45, 2.75) is 19.3 Å². The molecule has 0 saturated carbocycles. The van der Waals surface area contributed by atoms with Crippen LogP contribution in [0, 0.1) is 5.92 Å². The third-order valence-corrected chi connectivity index (χ3v) is 5.51. The highest BCUT2D eigenvalue weighted by atomic mass is 32.2. The first-order valence-corrected chi connectivity index (χ1v) is 9.67. The summed E-state index contributed by atoms with van der Waals surface area (Å²) in [5.41, 5.74) is 1.19. The van der Waals surface area contributed by atoms with Crippen LogP contribution in [0.1, 0.15) is 28.8 Å². The first kappa shape index (κ1) is 18.4. The monoisotopic (exact) mass is 354 g/mol. The molecule has 2 N–H and O–H groups in total. The molecule has 0 spiro atoms. The van der Waals surface area contributed by atoms with Crippen LogP contribution in [0.2, 0.25) is 0 Å². The van der Waals surface area contributed by atoms with Crippen molar-refractivity contribution in [1.29, 1.82) is 0 Å². The third-order valence-electron chi connectivity index (χ3n) is 4.21. The lowest BCUT2D eigenvalue weighted by atomic mass is 9.97. The molecule has 2 rings (SSSR count). The smallest absolute Gasteiger partial charge is 0.335 e. The number of hydrogen-bond donors (Lipinski definition) is 2. The Bertz CT molecular complexity index is 692. The zero-order valence-electron chi connectivity index (χ0n) is 13.6. The number of carboxylic acid groups (broad SMARTS) is 1. The number of nitrogens with one attached hydrogen (secondary N) is 1. The van der Waals surface area contributed by atoms with Gasteiger partial charge in [-0.25, -0.2) is 17.5 Å². The molecular formula is C16H22N2O5S. The van der Waals surface area contributed by atoms with Gasteiger partial charge in [0.05, 0.1) is 11.8 Å². The van der Waals surface area contributed by atoms with E-state index in [1.807, 2.05) is 0 Å². The van der Waals surface area contributed by atoms with Crippen molar-refractivity contribution in [3.05, 3.63) is 35.4 Å². The molecule has 1 aliphatic heterocycles. The van der Waals surface area contributed by atoms with Crippen molar-refractivity contribution in [3.63, 3.8) is 0 Å². The van der Waals surface area contributed by atoms with E-state index < -0.39 is 16.0 Å².